The van der Waals surface area contributed by atoms with Crippen LogP contribution < -0.4 is 14.8 Å². The molecule has 1 aliphatic heterocycles. The Morgan fingerprint density at radius 3 is 3.00 bits per heavy atom. The lowest BCUT2D eigenvalue weighted by molar-refractivity contribution is -0.118. The van der Waals surface area contributed by atoms with Crippen LogP contribution >= 0.6 is 0 Å². The molecule has 0 unspecified atom stereocenters. The number of amides is 1. The van der Waals surface area contributed by atoms with Gasteiger partial charge in [0.15, 0.2) is 6.61 Å². The number of hydrogen-bond donors (Lipinski definition) is 2. The standard InChI is InChI=1S/C11H12N2O4S/c1-2-5-12-18(15,16)8-3-4-10-9(6-8)13-11(14)7-17-10/h2-4,6,12H,1,5,7H2,(H,13,14). The molecule has 2 rings (SSSR count). The first-order chi connectivity index (χ1) is 8.53. The van der Waals surface area contributed by atoms with Crippen LogP contribution in [0, 0.1) is 0 Å². The molecule has 0 aromatic heterocycles. The average molecular weight is 268 g/mol. The first-order valence-corrected chi connectivity index (χ1v) is 6.68. The molecular formula is C11H12N2O4S. The molecule has 6 nitrogen and oxygen atoms in total. The van der Waals surface area contributed by atoms with Gasteiger partial charge in [-0.2, -0.15) is 0 Å². The third-order valence-corrected chi connectivity index (χ3v) is 3.73. The van der Waals surface area contributed by atoms with Crippen LogP contribution in [-0.4, -0.2) is 27.5 Å². The van der Waals surface area contributed by atoms with Gasteiger partial charge in [-0.3, -0.25) is 4.79 Å². The summed E-state index contributed by atoms with van der Waals surface area (Å²) in [5.41, 5.74) is 0.354. The van der Waals surface area contributed by atoms with Crippen molar-refractivity contribution in [3.8, 4) is 5.75 Å². The third kappa shape index (κ3) is 2.52. The minimum absolute atomic E-state index is 0.0617. The van der Waals surface area contributed by atoms with Gasteiger partial charge in [-0.15, -0.1) is 6.58 Å². The zero-order chi connectivity index (χ0) is 13.2. The van der Waals surface area contributed by atoms with E-state index in [1.807, 2.05) is 0 Å². The van der Waals surface area contributed by atoms with Crippen molar-refractivity contribution in [3.63, 3.8) is 0 Å². The molecule has 0 saturated carbocycles. The average Bonchev–Trinajstić information content (AvgIpc) is 2.35. The van der Waals surface area contributed by atoms with Crippen molar-refractivity contribution >= 4 is 21.6 Å². The molecule has 1 heterocycles. The number of sulfonamides is 1. The van der Waals surface area contributed by atoms with Gasteiger partial charge in [0.05, 0.1) is 10.6 Å². The Hall–Kier alpha value is -1.86. The Morgan fingerprint density at radius 1 is 1.50 bits per heavy atom. The molecule has 0 atom stereocenters. The summed E-state index contributed by atoms with van der Waals surface area (Å²) in [6.45, 7) is 3.51. The molecule has 1 aromatic rings. The fourth-order valence-electron chi connectivity index (χ4n) is 1.48. The zero-order valence-corrected chi connectivity index (χ0v) is 10.3. The Labute approximate surface area is 105 Å². The van der Waals surface area contributed by atoms with Crippen molar-refractivity contribution in [2.24, 2.45) is 0 Å². The number of carbonyl (C=O) groups is 1. The number of nitrogens with one attached hydrogen (secondary N) is 2. The van der Waals surface area contributed by atoms with Crippen LogP contribution in [0.4, 0.5) is 5.69 Å². The van der Waals surface area contributed by atoms with Gasteiger partial charge in [0.2, 0.25) is 10.0 Å². The topological polar surface area (TPSA) is 84.5 Å². The quantitative estimate of drug-likeness (QED) is 0.778. The second-order valence-electron chi connectivity index (χ2n) is 3.64. The summed E-state index contributed by atoms with van der Waals surface area (Å²) in [4.78, 5) is 11.2. The van der Waals surface area contributed by atoms with Gasteiger partial charge >= 0.3 is 0 Å². The van der Waals surface area contributed by atoms with Gasteiger partial charge in [0, 0.05) is 6.54 Å². The van der Waals surface area contributed by atoms with Crippen LogP contribution in [-0.2, 0) is 14.8 Å². The van der Waals surface area contributed by atoms with E-state index < -0.39 is 10.0 Å². The number of rotatable bonds is 4. The highest BCUT2D eigenvalue weighted by Crippen LogP contribution is 2.29. The number of ether oxygens (including phenoxy) is 1. The molecule has 18 heavy (non-hydrogen) atoms. The number of anilines is 1. The molecule has 7 heteroatoms. The van der Waals surface area contributed by atoms with E-state index in [2.05, 4.69) is 16.6 Å². The van der Waals surface area contributed by atoms with E-state index >= 15 is 0 Å². The first kappa shape index (κ1) is 12.6. The molecule has 0 saturated heterocycles. The van der Waals surface area contributed by atoms with E-state index in [4.69, 9.17) is 4.74 Å². The molecule has 1 aromatic carbocycles. The maximum absolute atomic E-state index is 11.8. The largest absolute Gasteiger partial charge is 0.482 e. The highest BCUT2D eigenvalue weighted by atomic mass is 32.2. The van der Waals surface area contributed by atoms with Crippen LogP contribution in [0.2, 0.25) is 0 Å². The highest BCUT2D eigenvalue weighted by Gasteiger charge is 2.20. The van der Waals surface area contributed by atoms with Gasteiger partial charge in [-0.05, 0) is 18.2 Å². The Kier molecular flexibility index (Phi) is 3.35. The summed E-state index contributed by atoms with van der Waals surface area (Å²) >= 11 is 0. The van der Waals surface area contributed by atoms with E-state index in [1.54, 1.807) is 0 Å². The van der Waals surface area contributed by atoms with Crippen LogP contribution in [0.5, 0.6) is 5.75 Å². The molecule has 0 spiro atoms. The van der Waals surface area contributed by atoms with E-state index in [0.29, 0.717) is 11.4 Å². The van der Waals surface area contributed by atoms with Crippen molar-refractivity contribution in [1.29, 1.82) is 0 Å². The molecule has 0 radical (unpaired) electrons. The predicted octanol–water partition coefficient (Wildman–Crippen LogP) is 0.482. The second kappa shape index (κ2) is 4.79. The summed E-state index contributed by atoms with van der Waals surface area (Å²) in [6, 6.07) is 4.29. The summed E-state index contributed by atoms with van der Waals surface area (Å²) in [5.74, 6) is 0.147. The normalized spacial score (nSPS) is 14.3. The molecule has 0 bridgehead atoms. The van der Waals surface area contributed by atoms with Crippen molar-refractivity contribution in [1.82, 2.24) is 4.72 Å². The van der Waals surface area contributed by atoms with E-state index in [1.165, 1.54) is 24.3 Å². The molecule has 1 amide bonds. The fourth-order valence-corrected chi connectivity index (χ4v) is 2.51. The molecule has 96 valence electrons. The molecule has 1 aliphatic rings. The number of hydrogen-bond acceptors (Lipinski definition) is 4. The number of benzene rings is 1. The van der Waals surface area contributed by atoms with Gasteiger partial charge < -0.3 is 10.1 Å². The molecule has 2 N–H and O–H groups in total. The lowest BCUT2D eigenvalue weighted by Gasteiger charge is -2.18. The van der Waals surface area contributed by atoms with E-state index in [0.717, 1.165) is 0 Å². The maximum Gasteiger partial charge on any atom is 0.262 e. The van der Waals surface area contributed by atoms with Gasteiger partial charge in [-0.25, -0.2) is 13.1 Å². The fraction of sp³-hybridized carbons (Fsp3) is 0.182. The predicted molar refractivity (Wildman–Crippen MR) is 66.0 cm³/mol. The van der Waals surface area contributed by atoms with Crippen molar-refractivity contribution in [2.75, 3.05) is 18.5 Å². The molecular weight excluding hydrogens is 256 g/mol. The summed E-state index contributed by atoms with van der Waals surface area (Å²) in [6.07, 6.45) is 1.45. The summed E-state index contributed by atoms with van der Waals surface area (Å²) < 4.78 is 31.2. The van der Waals surface area contributed by atoms with Crippen LogP contribution in [0.1, 0.15) is 0 Å². The minimum atomic E-state index is -3.60. The van der Waals surface area contributed by atoms with Crippen LogP contribution in [0.3, 0.4) is 0 Å². The van der Waals surface area contributed by atoms with Crippen LogP contribution in [0.25, 0.3) is 0 Å². The minimum Gasteiger partial charge on any atom is -0.482 e. The third-order valence-electron chi connectivity index (χ3n) is 2.31. The van der Waals surface area contributed by atoms with Crippen molar-refractivity contribution < 1.29 is 17.9 Å². The zero-order valence-electron chi connectivity index (χ0n) is 9.47. The lowest BCUT2D eigenvalue weighted by atomic mass is 10.2. The van der Waals surface area contributed by atoms with Gasteiger partial charge in [0.25, 0.3) is 5.91 Å². The number of carbonyl (C=O) groups excluding carboxylic acids is 1. The van der Waals surface area contributed by atoms with Crippen LogP contribution in [0.15, 0.2) is 35.7 Å². The summed E-state index contributed by atoms with van der Waals surface area (Å²) in [7, 11) is -3.60. The SMILES string of the molecule is C=CCNS(=O)(=O)c1ccc2c(c1)NC(=O)CO2. The van der Waals surface area contributed by atoms with Crippen molar-refractivity contribution in [3.05, 3.63) is 30.9 Å². The Morgan fingerprint density at radius 2 is 2.28 bits per heavy atom. The lowest BCUT2D eigenvalue weighted by Crippen LogP contribution is -2.27. The second-order valence-corrected chi connectivity index (χ2v) is 5.40. The van der Waals surface area contributed by atoms with Crippen molar-refractivity contribution in [2.45, 2.75) is 4.90 Å². The Bertz CT molecular complexity index is 595. The van der Waals surface area contributed by atoms with E-state index in [-0.39, 0.29) is 24.0 Å². The first-order valence-electron chi connectivity index (χ1n) is 5.20. The maximum atomic E-state index is 11.8. The summed E-state index contributed by atoms with van der Waals surface area (Å²) in [5, 5.41) is 2.55. The smallest absolute Gasteiger partial charge is 0.262 e. The Balaban J connectivity index is 2.33. The van der Waals surface area contributed by atoms with E-state index in [9.17, 15) is 13.2 Å². The highest BCUT2D eigenvalue weighted by molar-refractivity contribution is 7.89. The monoisotopic (exact) mass is 268 g/mol. The molecule has 0 aliphatic carbocycles. The number of fused-ring (bicyclic) bond motifs is 1. The van der Waals surface area contributed by atoms with Gasteiger partial charge in [0.1, 0.15) is 5.75 Å². The van der Waals surface area contributed by atoms with Gasteiger partial charge in [-0.1, -0.05) is 6.08 Å². The molecule has 0 fully saturated rings.